The lowest BCUT2D eigenvalue weighted by atomic mass is 10.1. The van der Waals surface area contributed by atoms with Gasteiger partial charge in [-0.05, 0) is 17.3 Å². The van der Waals surface area contributed by atoms with Crippen LogP contribution in [-0.2, 0) is 0 Å². The number of hydrogen-bond acceptors (Lipinski definition) is 5. The van der Waals surface area contributed by atoms with E-state index in [1.807, 2.05) is 0 Å². The molecule has 0 atom stereocenters. The molecule has 0 saturated heterocycles. The molecule has 0 bridgehead atoms. The summed E-state index contributed by atoms with van der Waals surface area (Å²) in [6.45, 7) is 0. The first-order valence-corrected chi connectivity index (χ1v) is 4.35. The average molecular weight is 204 g/mol. The number of rotatable bonds is 0. The first-order chi connectivity index (χ1) is 7.22. The number of phenols is 2. The van der Waals surface area contributed by atoms with E-state index in [1.54, 1.807) is 12.2 Å². The van der Waals surface area contributed by atoms with Gasteiger partial charge in [0.2, 0.25) is 0 Å². The Kier molecular flexibility index (Phi) is 2.21. The largest absolute Gasteiger partial charge is 0.504 e. The van der Waals surface area contributed by atoms with Crippen molar-refractivity contribution in [2.24, 2.45) is 10.2 Å². The predicted molar refractivity (Wildman–Crippen MR) is 56.3 cm³/mol. The number of phenolic OH excluding ortho intramolecular Hbond substituents is 2. The van der Waals surface area contributed by atoms with E-state index >= 15 is 0 Å². The molecular formula is C10H8N2O3. The molecule has 2 rings (SSSR count). The van der Waals surface area contributed by atoms with E-state index < -0.39 is 0 Å². The molecule has 15 heavy (non-hydrogen) atoms. The van der Waals surface area contributed by atoms with Crippen molar-refractivity contribution in [3.63, 3.8) is 0 Å². The van der Waals surface area contributed by atoms with Gasteiger partial charge in [-0.25, -0.2) is 4.99 Å². The second-order valence-electron chi connectivity index (χ2n) is 3.09. The van der Waals surface area contributed by atoms with E-state index in [9.17, 15) is 15.1 Å². The number of benzene rings is 1. The van der Waals surface area contributed by atoms with E-state index in [0.29, 0.717) is 17.7 Å². The van der Waals surface area contributed by atoms with Crippen LogP contribution >= 0.6 is 0 Å². The smallest absolute Gasteiger partial charge is 0.177 e. The van der Waals surface area contributed by atoms with E-state index in [1.165, 1.54) is 12.1 Å². The number of hydrogen-bond donors (Lipinski definition) is 2. The molecule has 2 N–H and O–H groups in total. The number of aliphatic imine (C=N–C) groups is 1. The first kappa shape index (κ1) is 9.39. The minimum absolute atomic E-state index is 0.148. The molecule has 0 unspecified atom stereocenters. The highest BCUT2D eigenvalue weighted by molar-refractivity contribution is 5.91. The quantitative estimate of drug-likeness (QED) is 0.502. The minimum atomic E-state index is -0.236. The van der Waals surface area contributed by atoms with Crippen molar-refractivity contribution in [2.75, 3.05) is 0 Å². The van der Waals surface area contributed by atoms with Gasteiger partial charge in [-0.15, -0.1) is 4.91 Å². The summed E-state index contributed by atoms with van der Waals surface area (Å²) in [5.74, 6) is -0.300. The molecule has 1 aliphatic heterocycles. The molecule has 1 aliphatic rings. The lowest BCUT2D eigenvalue weighted by Gasteiger charge is -2.04. The fraction of sp³-hybridized carbons (Fsp3) is 0.100. The fourth-order valence-corrected chi connectivity index (χ4v) is 1.37. The van der Waals surface area contributed by atoms with Crippen LogP contribution in [0.15, 0.2) is 28.4 Å². The minimum Gasteiger partial charge on any atom is -0.504 e. The van der Waals surface area contributed by atoms with E-state index in [2.05, 4.69) is 10.2 Å². The SMILES string of the molecule is O=NC1=Nc2ccc(O)c(O)c2C=CC1. The van der Waals surface area contributed by atoms with Crippen LogP contribution in [0.25, 0.3) is 6.08 Å². The highest BCUT2D eigenvalue weighted by Gasteiger charge is 2.12. The molecule has 1 aromatic carbocycles. The molecule has 0 amide bonds. The summed E-state index contributed by atoms with van der Waals surface area (Å²) in [5, 5.41) is 21.6. The summed E-state index contributed by atoms with van der Waals surface area (Å²) >= 11 is 0. The molecule has 5 heteroatoms. The van der Waals surface area contributed by atoms with Crippen LogP contribution in [0.2, 0.25) is 0 Å². The highest BCUT2D eigenvalue weighted by Crippen LogP contribution is 2.37. The van der Waals surface area contributed by atoms with Crippen LogP contribution in [0.5, 0.6) is 11.5 Å². The molecule has 0 saturated carbocycles. The Morgan fingerprint density at radius 3 is 2.87 bits per heavy atom. The van der Waals surface area contributed by atoms with Gasteiger partial charge in [0.05, 0.1) is 5.69 Å². The highest BCUT2D eigenvalue weighted by atomic mass is 16.3. The van der Waals surface area contributed by atoms with Gasteiger partial charge in [-0.2, -0.15) is 0 Å². The Morgan fingerprint density at radius 2 is 2.13 bits per heavy atom. The lowest BCUT2D eigenvalue weighted by Crippen LogP contribution is -1.87. The van der Waals surface area contributed by atoms with Gasteiger partial charge in [0.15, 0.2) is 17.3 Å². The second kappa shape index (κ2) is 3.53. The maximum atomic E-state index is 10.3. The van der Waals surface area contributed by atoms with Crippen LogP contribution in [0.4, 0.5) is 5.69 Å². The van der Waals surface area contributed by atoms with E-state index in [0.717, 1.165) is 0 Å². The van der Waals surface area contributed by atoms with Gasteiger partial charge in [-0.1, -0.05) is 12.2 Å². The fourth-order valence-electron chi connectivity index (χ4n) is 1.37. The number of fused-ring (bicyclic) bond motifs is 1. The van der Waals surface area contributed by atoms with Crippen LogP contribution < -0.4 is 0 Å². The molecule has 76 valence electrons. The molecule has 0 spiro atoms. The molecule has 5 nitrogen and oxygen atoms in total. The number of amidine groups is 1. The summed E-state index contributed by atoms with van der Waals surface area (Å²) in [7, 11) is 0. The van der Waals surface area contributed by atoms with Crippen molar-refractivity contribution in [3.05, 3.63) is 28.7 Å². The van der Waals surface area contributed by atoms with Gasteiger partial charge in [0.25, 0.3) is 0 Å². The Hall–Kier alpha value is -2.17. The third kappa shape index (κ3) is 1.59. The van der Waals surface area contributed by atoms with Crippen molar-refractivity contribution < 1.29 is 10.2 Å². The van der Waals surface area contributed by atoms with Gasteiger partial charge in [0.1, 0.15) is 0 Å². The first-order valence-electron chi connectivity index (χ1n) is 4.35. The summed E-state index contributed by atoms with van der Waals surface area (Å²) in [4.78, 5) is 14.3. The maximum Gasteiger partial charge on any atom is 0.177 e. The third-order valence-corrected chi connectivity index (χ3v) is 2.11. The number of nitroso groups, excluding NO2 is 1. The van der Waals surface area contributed by atoms with Crippen molar-refractivity contribution >= 4 is 17.6 Å². The van der Waals surface area contributed by atoms with Crippen LogP contribution in [0, 0.1) is 4.91 Å². The molecule has 0 fully saturated rings. The van der Waals surface area contributed by atoms with Gasteiger partial charge in [-0.3, -0.25) is 0 Å². The van der Waals surface area contributed by atoms with Gasteiger partial charge < -0.3 is 10.2 Å². The Labute approximate surface area is 85.4 Å². The van der Waals surface area contributed by atoms with E-state index in [4.69, 9.17) is 0 Å². The Morgan fingerprint density at radius 1 is 1.33 bits per heavy atom. The molecule has 1 heterocycles. The third-order valence-electron chi connectivity index (χ3n) is 2.11. The monoisotopic (exact) mass is 204 g/mol. The van der Waals surface area contributed by atoms with Crippen LogP contribution in [0.1, 0.15) is 12.0 Å². The van der Waals surface area contributed by atoms with Crippen molar-refractivity contribution in [3.8, 4) is 11.5 Å². The van der Waals surface area contributed by atoms with Crippen LogP contribution in [0.3, 0.4) is 0 Å². The topological polar surface area (TPSA) is 82.2 Å². The van der Waals surface area contributed by atoms with Crippen molar-refractivity contribution in [1.82, 2.24) is 0 Å². The van der Waals surface area contributed by atoms with Gasteiger partial charge >= 0.3 is 0 Å². The lowest BCUT2D eigenvalue weighted by molar-refractivity contribution is 0.403. The average Bonchev–Trinajstić information content (AvgIpc) is 2.45. The molecule has 0 aromatic heterocycles. The van der Waals surface area contributed by atoms with E-state index in [-0.39, 0.29) is 17.3 Å². The number of aromatic hydroxyl groups is 2. The Balaban J connectivity index is 2.65. The molecule has 0 radical (unpaired) electrons. The molecule has 0 aliphatic carbocycles. The van der Waals surface area contributed by atoms with Crippen molar-refractivity contribution in [2.45, 2.75) is 6.42 Å². The van der Waals surface area contributed by atoms with Crippen LogP contribution in [-0.4, -0.2) is 16.0 Å². The molecule has 1 aromatic rings. The Bertz CT molecular complexity index is 478. The standard InChI is InChI=1S/C10H8N2O3/c13-8-5-4-7-6(10(8)14)2-1-3-9(11-7)12-15/h1-2,4-5,13-14H,3H2. The zero-order valence-corrected chi connectivity index (χ0v) is 7.71. The predicted octanol–water partition coefficient (Wildman–Crippen LogP) is 2.31. The second-order valence-corrected chi connectivity index (χ2v) is 3.09. The molecular weight excluding hydrogens is 196 g/mol. The summed E-state index contributed by atoms with van der Waals surface area (Å²) < 4.78 is 0. The maximum absolute atomic E-state index is 10.3. The normalized spacial score (nSPS) is 14.0. The zero-order chi connectivity index (χ0) is 10.8. The summed E-state index contributed by atoms with van der Waals surface area (Å²) in [5.41, 5.74) is 0.822. The van der Waals surface area contributed by atoms with Gasteiger partial charge in [0, 0.05) is 12.0 Å². The zero-order valence-electron chi connectivity index (χ0n) is 7.71. The van der Waals surface area contributed by atoms with Crippen molar-refractivity contribution in [1.29, 1.82) is 0 Å². The number of nitrogens with zero attached hydrogens (tertiary/aromatic N) is 2. The summed E-state index contributed by atoms with van der Waals surface area (Å²) in [6.07, 6.45) is 3.58. The summed E-state index contributed by atoms with van der Waals surface area (Å²) in [6, 6.07) is 2.84.